The van der Waals surface area contributed by atoms with E-state index >= 15 is 0 Å². The van der Waals surface area contributed by atoms with Crippen LogP contribution in [0.15, 0.2) is 35.2 Å². The van der Waals surface area contributed by atoms with E-state index in [0.717, 1.165) is 72.8 Å². The van der Waals surface area contributed by atoms with Gasteiger partial charge in [-0.3, -0.25) is 14.8 Å². The molecule has 1 saturated heterocycles. The number of aryl methyl sites for hydroxylation is 1. The van der Waals surface area contributed by atoms with Crippen molar-refractivity contribution in [1.82, 2.24) is 15.3 Å². The Morgan fingerprint density at radius 2 is 2.03 bits per heavy atom. The van der Waals surface area contributed by atoms with Crippen LogP contribution in [0.4, 0.5) is 5.82 Å². The molecule has 0 aromatic carbocycles. The number of aromatic nitrogens is 2. The first-order valence-corrected chi connectivity index (χ1v) is 11.8. The first-order valence-electron chi connectivity index (χ1n) is 11.8. The van der Waals surface area contributed by atoms with Gasteiger partial charge in [-0.1, -0.05) is 0 Å². The number of nitrogens with two attached hydrogens (primary N) is 1. The van der Waals surface area contributed by atoms with Gasteiger partial charge in [-0.25, -0.2) is 4.98 Å². The number of fused-ring (bicyclic) bond motifs is 1. The molecule has 2 fully saturated rings. The van der Waals surface area contributed by atoms with Crippen LogP contribution in [0.5, 0.6) is 0 Å². The number of amides is 1. The number of nitrogens with one attached hydrogen (secondary N) is 1. The van der Waals surface area contributed by atoms with Crippen molar-refractivity contribution in [2.24, 2.45) is 16.1 Å². The number of ether oxygens (including phenoxy) is 1. The molecule has 4 heterocycles. The van der Waals surface area contributed by atoms with E-state index in [4.69, 9.17) is 20.4 Å². The largest absolute Gasteiger partial charge is 0.402 e. The molecule has 8 heteroatoms. The molecule has 1 amide bonds. The van der Waals surface area contributed by atoms with Crippen LogP contribution in [-0.4, -0.2) is 54.9 Å². The molecule has 3 N–H and O–H groups in total. The van der Waals surface area contributed by atoms with Crippen LogP contribution in [0, 0.1) is 12.3 Å². The predicted octanol–water partition coefficient (Wildman–Crippen LogP) is 2.65. The number of aliphatic imine (C=N–C) groups is 1. The van der Waals surface area contributed by atoms with E-state index in [9.17, 15) is 4.79 Å². The molecular weight excluding hydrogens is 428 g/mol. The number of allylic oxidation sites excluding steroid dienone is 2. The minimum atomic E-state index is -0.0471. The standard InChI is InChI=1S/C26H32N6O2/c1-16-6-19(25(33)31-21-8-26(9-21)14-34-15-26)11-30-24(16)32-5-4-23-20(13-32)7-18(10-29-23)22(12-28-3)17(2)27/h6-7,10-12,21H,4-5,8-9,13-15,27H2,1-3H3,(H,31,33)/b22-17+,28-12?. The minimum absolute atomic E-state index is 0.0471. The molecule has 8 nitrogen and oxygen atoms in total. The fourth-order valence-corrected chi connectivity index (χ4v) is 5.29. The van der Waals surface area contributed by atoms with Gasteiger partial charge in [-0.05, 0) is 49.9 Å². The van der Waals surface area contributed by atoms with E-state index in [0.29, 0.717) is 23.2 Å². The van der Waals surface area contributed by atoms with Crippen molar-refractivity contribution < 1.29 is 9.53 Å². The molecule has 0 unspecified atom stereocenters. The zero-order chi connectivity index (χ0) is 23.9. The Balaban J connectivity index is 1.29. The van der Waals surface area contributed by atoms with Gasteiger partial charge in [0, 0.05) is 79.2 Å². The first kappa shape index (κ1) is 22.5. The summed E-state index contributed by atoms with van der Waals surface area (Å²) >= 11 is 0. The Labute approximate surface area is 200 Å². The van der Waals surface area contributed by atoms with Gasteiger partial charge in [0.25, 0.3) is 5.91 Å². The summed E-state index contributed by atoms with van der Waals surface area (Å²) in [7, 11) is 1.74. The van der Waals surface area contributed by atoms with E-state index in [1.807, 2.05) is 26.1 Å². The van der Waals surface area contributed by atoms with Crippen molar-refractivity contribution in [3.63, 3.8) is 0 Å². The summed E-state index contributed by atoms with van der Waals surface area (Å²) in [5.41, 5.74) is 12.8. The highest BCUT2D eigenvalue weighted by Gasteiger charge is 2.50. The molecule has 5 rings (SSSR count). The Kier molecular flexibility index (Phi) is 5.85. The highest BCUT2D eigenvalue weighted by atomic mass is 16.5. The van der Waals surface area contributed by atoms with Crippen molar-refractivity contribution in [1.29, 1.82) is 0 Å². The average Bonchev–Trinajstić information content (AvgIpc) is 2.77. The Hall–Kier alpha value is -3.26. The second-order valence-electron chi connectivity index (χ2n) is 9.92. The lowest BCUT2D eigenvalue weighted by Crippen LogP contribution is -2.59. The van der Waals surface area contributed by atoms with Gasteiger partial charge in [0.05, 0.1) is 18.8 Å². The van der Waals surface area contributed by atoms with Crippen molar-refractivity contribution in [2.45, 2.75) is 45.7 Å². The molecule has 2 aliphatic heterocycles. The summed E-state index contributed by atoms with van der Waals surface area (Å²) in [6, 6.07) is 4.34. The highest BCUT2D eigenvalue weighted by molar-refractivity contribution is 6.10. The number of nitrogens with zero attached hydrogens (tertiary/aromatic N) is 4. The minimum Gasteiger partial charge on any atom is -0.402 e. The Morgan fingerprint density at radius 1 is 1.26 bits per heavy atom. The lowest BCUT2D eigenvalue weighted by atomic mass is 9.64. The normalized spacial score (nSPS) is 19.9. The molecule has 2 aromatic heterocycles. The van der Waals surface area contributed by atoms with Crippen LogP contribution < -0.4 is 16.0 Å². The van der Waals surface area contributed by atoms with Crippen molar-refractivity contribution >= 4 is 23.5 Å². The summed E-state index contributed by atoms with van der Waals surface area (Å²) in [5, 5.41) is 3.15. The smallest absolute Gasteiger partial charge is 0.253 e. The monoisotopic (exact) mass is 460 g/mol. The fraction of sp³-hybridized carbons (Fsp3) is 0.462. The molecule has 34 heavy (non-hydrogen) atoms. The Bertz CT molecular complexity index is 1170. The van der Waals surface area contributed by atoms with E-state index in [1.165, 1.54) is 0 Å². The first-order chi connectivity index (χ1) is 16.4. The molecule has 0 bridgehead atoms. The molecule has 178 valence electrons. The molecule has 1 spiro atoms. The van der Waals surface area contributed by atoms with Crippen LogP contribution in [0.3, 0.4) is 0 Å². The number of pyridine rings is 2. The van der Waals surface area contributed by atoms with E-state index in [-0.39, 0.29) is 11.9 Å². The second kappa shape index (κ2) is 8.83. The van der Waals surface area contributed by atoms with Gasteiger partial charge in [0.15, 0.2) is 0 Å². The fourth-order valence-electron chi connectivity index (χ4n) is 5.29. The van der Waals surface area contributed by atoms with Crippen LogP contribution in [0.25, 0.3) is 5.57 Å². The maximum Gasteiger partial charge on any atom is 0.253 e. The number of hydrogen-bond acceptors (Lipinski definition) is 7. The number of hydrogen-bond donors (Lipinski definition) is 2. The van der Waals surface area contributed by atoms with E-state index in [1.54, 1.807) is 19.5 Å². The average molecular weight is 461 g/mol. The molecule has 3 aliphatic rings. The number of rotatable bonds is 5. The lowest BCUT2D eigenvalue weighted by molar-refractivity contribution is -0.165. The summed E-state index contributed by atoms with van der Waals surface area (Å²) in [5.74, 6) is 0.858. The SMILES string of the molecule is CN=C/C(=C(/C)N)c1cnc2c(c1)CN(c1ncc(C(=O)NC3CC4(COC4)C3)cc1C)CC2. The van der Waals surface area contributed by atoms with Gasteiger partial charge in [0.1, 0.15) is 5.82 Å². The maximum atomic E-state index is 12.7. The zero-order valence-electron chi connectivity index (χ0n) is 20.1. The number of anilines is 1. The van der Waals surface area contributed by atoms with Crippen molar-refractivity contribution in [3.05, 3.63) is 58.2 Å². The quantitative estimate of drug-likeness (QED) is 0.665. The Morgan fingerprint density at radius 3 is 2.68 bits per heavy atom. The van der Waals surface area contributed by atoms with Gasteiger partial charge in [0.2, 0.25) is 0 Å². The second-order valence-corrected chi connectivity index (χ2v) is 9.92. The third kappa shape index (κ3) is 4.18. The van der Waals surface area contributed by atoms with E-state index in [2.05, 4.69) is 21.3 Å². The highest BCUT2D eigenvalue weighted by Crippen LogP contribution is 2.46. The summed E-state index contributed by atoms with van der Waals surface area (Å²) in [6.07, 6.45) is 8.21. The summed E-state index contributed by atoms with van der Waals surface area (Å²) in [4.78, 5) is 28.5. The van der Waals surface area contributed by atoms with Crippen molar-refractivity contribution in [2.75, 3.05) is 31.7 Å². The molecule has 1 aliphatic carbocycles. The topological polar surface area (TPSA) is 106 Å². The van der Waals surface area contributed by atoms with E-state index < -0.39 is 0 Å². The zero-order valence-corrected chi connectivity index (χ0v) is 20.1. The van der Waals surface area contributed by atoms with Crippen LogP contribution in [0.1, 0.15) is 52.5 Å². The van der Waals surface area contributed by atoms with Gasteiger partial charge < -0.3 is 20.7 Å². The van der Waals surface area contributed by atoms with Crippen molar-refractivity contribution in [3.8, 4) is 0 Å². The molecule has 2 aromatic rings. The van der Waals surface area contributed by atoms with Crippen LogP contribution >= 0.6 is 0 Å². The summed E-state index contributed by atoms with van der Waals surface area (Å²) < 4.78 is 5.32. The molecule has 0 atom stereocenters. The maximum absolute atomic E-state index is 12.7. The molecule has 1 saturated carbocycles. The predicted molar refractivity (Wildman–Crippen MR) is 133 cm³/mol. The van der Waals surface area contributed by atoms with Gasteiger partial charge in [-0.15, -0.1) is 0 Å². The molecule has 0 radical (unpaired) electrons. The number of carbonyl (C=O) groups is 1. The summed E-state index contributed by atoms with van der Waals surface area (Å²) in [6.45, 7) is 7.10. The van der Waals surface area contributed by atoms with Gasteiger partial charge in [-0.2, -0.15) is 0 Å². The van der Waals surface area contributed by atoms with Crippen LogP contribution in [-0.2, 0) is 17.7 Å². The third-order valence-corrected chi connectivity index (χ3v) is 7.16. The van der Waals surface area contributed by atoms with Gasteiger partial charge >= 0.3 is 0 Å². The number of carbonyl (C=O) groups excluding carboxylic acids is 1. The third-order valence-electron chi connectivity index (χ3n) is 7.16. The molecular formula is C26H32N6O2. The lowest BCUT2D eigenvalue weighted by Gasteiger charge is -2.53. The van der Waals surface area contributed by atoms with Crippen LogP contribution in [0.2, 0.25) is 0 Å².